The van der Waals surface area contributed by atoms with Crippen LogP contribution in [0.15, 0.2) is 67.1 Å². The van der Waals surface area contributed by atoms with Crippen molar-refractivity contribution in [3.8, 4) is 0 Å². The minimum Gasteiger partial charge on any atom is -0.353 e. The number of nitrogens with one attached hydrogen (secondary N) is 1. The summed E-state index contributed by atoms with van der Waals surface area (Å²) >= 11 is 0. The predicted octanol–water partition coefficient (Wildman–Crippen LogP) is 7.10. The molecule has 6 heteroatoms. The zero-order chi connectivity index (χ0) is 25.9. The molecule has 4 aromatic rings. The summed E-state index contributed by atoms with van der Waals surface area (Å²) in [4.78, 5) is 18.2. The molecule has 3 N–H and O–H groups in total. The Hall–Kier alpha value is -2.89. The highest BCUT2D eigenvalue weighted by molar-refractivity contribution is 5.90. The van der Waals surface area contributed by atoms with Crippen LogP contribution in [0.2, 0.25) is 0 Å². The van der Waals surface area contributed by atoms with Crippen LogP contribution < -0.4 is 11.1 Å². The summed E-state index contributed by atoms with van der Waals surface area (Å²) in [6, 6.07) is 17.6. The van der Waals surface area contributed by atoms with Gasteiger partial charge in [0.2, 0.25) is 5.91 Å². The number of amides is 1. The van der Waals surface area contributed by atoms with E-state index in [9.17, 15) is 4.79 Å². The van der Waals surface area contributed by atoms with Gasteiger partial charge in [0.25, 0.3) is 0 Å². The molecule has 2 aromatic carbocycles. The smallest absolute Gasteiger partial charge is 0.221 e. The summed E-state index contributed by atoms with van der Waals surface area (Å²) in [6.07, 6.45) is 17.2. The van der Waals surface area contributed by atoms with Gasteiger partial charge < -0.3 is 15.6 Å². The fourth-order valence-electron chi connectivity index (χ4n) is 6.89. The van der Waals surface area contributed by atoms with E-state index in [0.717, 1.165) is 49.1 Å². The summed E-state index contributed by atoms with van der Waals surface area (Å²) in [5.41, 5.74) is 9.75. The molecule has 39 heavy (non-hydrogen) atoms. The Kier molecular flexibility index (Phi) is 8.89. The number of hydrogen-bond acceptors (Lipinski definition) is 3. The van der Waals surface area contributed by atoms with E-state index >= 15 is 0 Å². The lowest BCUT2D eigenvalue weighted by molar-refractivity contribution is -0.122. The molecule has 1 atom stereocenters. The average molecular weight is 545 g/mol. The zero-order valence-electron chi connectivity index (χ0n) is 22.7. The molecule has 2 aromatic heterocycles. The second-order valence-electron chi connectivity index (χ2n) is 11.6. The van der Waals surface area contributed by atoms with E-state index in [1.54, 1.807) is 0 Å². The van der Waals surface area contributed by atoms with Gasteiger partial charge in [-0.2, -0.15) is 0 Å². The summed E-state index contributed by atoms with van der Waals surface area (Å²) in [5.74, 6) is 0.774. The van der Waals surface area contributed by atoms with Gasteiger partial charge in [0, 0.05) is 65.8 Å². The average Bonchev–Trinajstić information content (AvgIpc) is 3.31. The lowest BCUT2D eigenvalue weighted by Gasteiger charge is -2.27. The molecule has 2 aliphatic carbocycles. The molecule has 206 valence electrons. The maximum absolute atomic E-state index is 13.6. The van der Waals surface area contributed by atoms with E-state index < -0.39 is 0 Å². The van der Waals surface area contributed by atoms with E-state index in [0.29, 0.717) is 6.42 Å². The lowest BCUT2D eigenvalue weighted by Crippen LogP contribution is -2.40. The molecule has 0 aliphatic heterocycles. The monoisotopic (exact) mass is 544 g/mol. The second-order valence-corrected chi connectivity index (χ2v) is 11.6. The highest BCUT2D eigenvalue weighted by Gasteiger charge is 2.27. The fourth-order valence-corrected chi connectivity index (χ4v) is 6.89. The van der Waals surface area contributed by atoms with Crippen molar-refractivity contribution >= 4 is 40.0 Å². The highest BCUT2D eigenvalue weighted by Crippen LogP contribution is 2.38. The Morgan fingerprint density at radius 1 is 0.897 bits per heavy atom. The molecule has 0 radical (unpaired) electrons. The number of nitrogens with two attached hydrogens (primary N) is 1. The molecule has 2 saturated carbocycles. The van der Waals surface area contributed by atoms with Crippen molar-refractivity contribution in [3.63, 3.8) is 0 Å². The maximum Gasteiger partial charge on any atom is 0.221 e. The Morgan fingerprint density at radius 3 is 2.41 bits per heavy atom. The van der Waals surface area contributed by atoms with Gasteiger partial charge in [0.05, 0.1) is 0 Å². The number of nitrogens with zero attached hydrogens (tertiary/aromatic N) is 2. The van der Waals surface area contributed by atoms with Gasteiger partial charge in [-0.1, -0.05) is 61.7 Å². The van der Waals surface area contributed by atoms with Crippen LogP contribution >= 0.6 is 12.4 Å². The first-order valence-electron chi connectivity index (χ1n) is 14.6. The van der Waals surface area contributed by atoms with Crippen molar-refractivity contribution in [2.75, 3.05) is 0 Å². The van der Waals surface area contributed by atoms with Crippen LogP contribution in [0, 0.1) is 5.92 Å². The Bertz CT molecular complexity index is 1400. The van der Waals surface area contributed by atoms with Crippen LogP contribution in [0.5, 0.6) is 0 Å². The van der Waals surface area contributed by atoms with Crippen molar-refractivity contribution in [1.29, 1.82) is 0 Å². The number of hydrogen-bond donors (Lipinski definition) is 2. The lowest BCUT2D eigenvalue weighted by atomic mass is 9.86. The topological polar surface area (TPSA) is 72.9 Å². The second kappa shape index (κ2) is 12.5. The molecule has 2 aliphatic rings. The van der Waals surface area contributed by atoms with Crippen molar-refractivity contribution in [1.82, 2.24) is 14.9 Å². The number of carbonyl (C=O) groups excluding carboxylic acids is 1. The summed E-state index contributed by atoms with van der Waals surface area (Å²) in [6.45, 7) is 1.05. The minimum atomic E-state index is -0.0723. The van der Waals surface area contributed by atoms with E-state index in [2.05, 4.69) is 69.6 Å². The van der Waals surface area contributed by atoms with Crippen LogP contribution in [-0.2, 0) is 11.3 Å². The van der Waals surface area contributed by atoms with Crippen LogP contribution in [0.25, 0.3) is 21.7 Å². The Morgan fingerprint density at radius 2 is 1.62 bits per heavy atom. The fraction of sp³-hybridized carbons (Fsp3) is 0.455. The highest BCUT2D eigenvalue weighted by atomic mass is 35.5. The number of rotatable bonds is 7. The first-order chi connectivity index (χ1) is 18.7. The van der Waals surface area contributed by atoms with Crippen molar-refractivity contribution in [3.05, 3.63) is 78.2 Å². The number of pyridine rings is 1. The summed E-state index contributed by atoms with van der Waals surface area (Å²) in [7, 11) is 0. The third kappa shape index (κ3) is 6.15. The molecule has 2 heterocycles. The van der Waals surface area contributed by atoms with Gasteiger partial charge in [0.15, 0.2) is 0 Å². The van der Waals surface area contributed by atoms with Gasteiger partial charge in [-0.3, -0.25) is 9.78 Å². The first-order valence-corrected chi connectivity index (χ1v) is 14.6. The van der Waals surface area contributed by atoms with E-state index in [1.165, 1.54) is 54.0 Å². The molecule has 1 amide bonds. The van der Waals surface area contributed by atoms with Crippen LogP contribution in [0.3, 0.4) is 0 Å². The minimum absolute atomic E-state index is 0. The third-order valence-corrected chi connectivity index (χ3v) is 8.98. The normalized spacial score (nSPS) is 20.9. The van der Waals surface area contributed by atoms with Crippen LogP contribution in [0.1, 0.15) is 81.3 Å². The van der Waals surface area contributed by atoms with Gasteiger partial charge in [-0.25, -0.2) is 0 Å². The predicted molar refractivity (Wildman–Crippen MR) is 162 cm³/mol. The molecular formula is C33H41ClN4O. The number of para-hydroxylation sites is 1. The molecule has 0 bridgehead atoms. The van der Waals surface area contributed by atoms with Crippen molar-refractivity contribution in [2.45, 2.75) is 88.8 Å². The van der Waals surface area contributed by atoms with Gasteiger partial charge in [-0.05, 0) is 67.0 Å². The first kappa shape index (κ1) is 27.7. The van der Waals surface area contributed by atoms with Crippen molar-refractivity contribution < 1.29 is 4.79 Å². The third-order valence-electron chi connectivity index (χ3n) is 8.98. The van der Waals surface area contributed by atoms with E-state index in [-0.39, 0.29) is 36.3 Å². The number of carbonyl (C=O) groups is 1. The summed E-state index contributed by atoms with van der Waals surface area (Å²) < 4.78 is 2.46. The van der Waals surface area contributed by atoms with E-state index in [1.807, 2.05) is 12.4 Å². The Labute approximate surface area is 238 Å². The molecule has 0 saturated heterocycles. The van der Waals surface area contributed by atoms with Crippen molar-refractivity contribution in [2.24, 2.45) is 11.7 Å². The van der Waals surface area contributed by atoms with Gasteiger partial charge in [-0.15, -0.1) is 12.4 Å². The van der Waals surface area contributed by atoms with Crippen LogP contribution in [0.4, 0.5) is 0 Å². The van der Waals surface area contributed by atoms with E-state index in [4.69, 9.17) is 5.73 Å². The number of aromatic nitrogens is 2. The van der Waals surface area contributed by atoms with Gasteiger partial charge >= 0.3 is 0 Å². The quantitative estimate of drug-likeness (QED) is 0.260. The molecule has 2 fully saturated rings. The molecule has 5 nitrogen and oxygen atoms in total. The molecular weight excluding hydrogens is 504 g/mol. The van der Waals surface area contributed by atoms with Gasteiger partial charge in [0.1, 0.15) is 0 Å². The largest absolute Gasteiger partial charge is 0.353 e. The molecule has 0 spiro atoms. The Balaban J connectivity index is 0.00000308. The van der Waals surface area contributed by atoms with Crippen LogP contribution in [-0.4, -0.2) is 27.5 Å². The SMILES string of the molecule is Cl.NC1CCC(NC(=O)CC(c2cncc3ccccc23)c2cn(CC3CCCCC3)c3ccccc23)CC1. The summed E-state index contributed by atoms with van der Waals surface area (Å²) in [5, 5.41) is 6.89. The molecule has 6 rings (SSSR count). The number of halogens is 1. The number of fused-ring (bicyclic) bond motifs is 2. The maximum atomic E-state index is 13.6. The zero-order valence-corrected chi connectivity index (χ0v) is 23.5. The standard InChI is InChI=1S/C33H40N4O.ClH/c34-25-14-16-26(17-15-25)36-33(38)18-29(30-20-35-19-24-10-4-5-11-27(24)30)31-22-37(21-23-8-2-1-3-9-23)32-13-7-6-12-28(31)32;/h4-7,10-13,19-20,22-23,25-26,29H,1-3,8-9,14-18,21,34H2,(H,36,38);1H. The molecule has 1 unspecified atom stereocenters. The number of benzene rings is 2.